The summed E-state index contributed by atoms with van der Waals surface area (Å²) in [6, 6.07) is 27.1. The van der Waals surface area contributed by atoms with E-state index >= 15 is 0 Å². The minimum Gasteiger partial charge on any atom is -0.378 e. The van der Waals surface area contributed by atoms with Gasteiger partial charge in [-0.05, 0) is 39.9 Å². The van der Waals surface area contributed by atoms with Crippen LogP contribution in [0.25, 0.3) is 0 Å². The van der Waals surface area contributed by atoms with Crippen LogP contribution in [0.2, 0.25) is 5.02 Å². The van der Waals surface area contributed by atoms with E-state index in [9.17, 15) is 29.6 Å². The Morgan fingerprint density at radius 2 is 1.57 bits per heavy atom. The second-order valence-corrected chi connectivity index (χ2v) is 11.4. The smallest absolute Gasteiger partial charge is 0.294 e. The number of hydrogen-bond acceptors (Lipinski definition) is 7. The van der Waals surface area contributed by atoms with Crippen molar-refractivity contribution in [3.63, 3.8) is 0 Å². The molecule has 0 radical (unpaired) electrons. The molecule has 0 spiro atoms. The maximum absolute atomic E-state index is 14.5. The number of rotatable bonds is 6. The van der Waals surface area contributed by atoms with Gasteiger partial charge in [-0.15, -0.1) is 0 Å². The molecule has 0 unspecified atom stereocenters. The lowest BCUT2D eigenvalue weighted by Gasteiger charge is -2.52. The van der Waals surface area contributed by atoms with Crippen molar-refractivity contribution in [2.45, 2.75) is 17.4 Å². The Morgan fingerprint density at radius 1 is 0.955 bits per heavy atom. The van der Waals surface area contributed by atoms with Crippen molar-refractivity contribution in [1.29, 1.82) is 0 Å². The average Bonchev–Trinajstić information content (AvgIpc) is 3.31. The third kappa shape index (κ3) is 3.84. The fourth-order valence-corrected chi connectivity index (χ4v) is 7.33. The molecular formula is C33H23ClN4O6. The summed E-state index contributed by atoms with van der Waals surface area (Å²) in [7, 11) is 0. The maximum atomic E-state index is 14.5. The lowest BCUT2D eigenvalue weighted by atomic mass is 9.47. The molecule has 3 amide bonds. The van der Waals surface area contributed by atoms with E-state index in [0.717, 1.165) is 33.2 Å². The lowest BCUT2D eigenvalue weighted by Crippen LogP contribution is -2.54. The average molecular weight is 607 g/mol. The Kier molecular flexibility index (Phi) is 6.42. The largest absolute Gasteiger partial charge is 0.378 e. The Labute approximate surface area is 255 Å². The highest BCUT2D eigenvalue weighted by molar-refractivity contribution is 6.31. The first-order valence-corrected chi connectivity index (χ1v) is 14.2. The summed E-state index contributed by atoms with van der Waals surface area (Å²) in [5.41, 5.74) is 3.96. The van der Waals surface area contributed by atoms with Gasteiger partial charge in [0.15, 0.2) is 6.10 Å². The molecule has 1 heterocycles. The number of hydrogen-bond donors (Lipinski definition) is 2. The molecule has 1 saturated heterocycles. The van der Waals surface area contributed by atoms with Crippen LogP contribution in [0.1, 0.15) is 39.8 Å². The predicted octanol–water partition coefficient (Wildman–Crippen LogP) is 4.63. The van der Waals surface area contributed by atoms with Crippen molar-refractivity contribution < 1.29 is 24.4 Å². The first kappa shape index (κ1) is 27.6. The molecule has 218 valence electrons. The lowest BCUT2D eigenvalue weighted by molar-refractivity contribution is -0.384. The number of halogens is 1. The molecule has 2 bridgehead atoms. The molecule has 4 aromatic carbocycles. The summed E-state index contributed by atoms with van der Waals surface area (Å²) in [6.45, 7) is 0. The molecule has 3 atom stereocenters. The molecule has 10 nitrogen and oxygen atoms in total. The summed E-state index contributed by atoms with van der Waals surface area (Å²) in [5, 5.41) is 27.0. The second-order valence-electron chi connectivity index (χ2n) is 11.0. The number of carbonyl (C=O) groups is 3. The number of aliphatic hydroxyl groups is 1. The van der Waals surface area contributed by atoms with E-state index in [1.54, 1.807) is 30.3 Å². The SMILES string of the molecule is O=C(N/N=C\C12c3ccccc3C(c3ccccc31)[C@@H]1C(=O)N(c3ccc(Cl)cc3[N+](=O)[O-])C(=O)[C@@H]12)[C@H](O)c1ccccc1. The Hall–Kier alpha value is -5.19. The molecule has 2 N–H and O–H groups in total. The summed E-state index contributed by atoms with van der Waals surface area (Å²) in [5.74, 6) is -4.40. The van der Waals surface area contributed by atoms with Crippen LogP contribution in [-0.4, -0.2) is 34.0 Å². The van der Waals surface area contributed by atoms with Gasteiger partial charge in [0.05, 0.1) is 22.2 Å². The van der Waals surface area contributed by atoms with Crippen LogP contribution in [0.15, 0.2) is 102 Å². The zero-order chi connectivity index (χ0) is 30.7. The highest BCUT2D eigenvalue weighted by Crippen LogP contribution is 2.64. The third-order valence-corrected chi connectivity index (χ3v) is 9.10. The van der Waals surface area contributed by atoms with Crippen molar-refractivity contribution in [2.24, 2.45) is 16.9 Å². The molecule has 0 aromatic heterocycles. The van der Waals surface area contributed by atoms with Gasteiger partial charge in [-0.3, -0.25) is 24.5 Å². The van der Waals surface area contributed by atoms with Gasteiger partial charge in [-0.1, -0.05) is 90.5 Å². The molecule has 3 aliphatic carbocycles. The first-order valence-electron chi connectivity index (χ1n) is 13.8. The summed E-state index contributed by atoms with van der Waals surface area (Å²) in [6.07, 6.45) is -0.0333. The van der Waals surface area contributed by atoms with Crippen LogP contribution in [0.5, 0.6) is 0 Å². The number of anilines is 1. The van der Waals surface area contributed by atoms with Crippen LogP contribution < -0.4 is 10.3 Å². The van der Waals surface area contributed by atoms with E-state index in [1.807, 2.05) is 48.5 Å². The summed E-state index contributed by atoms with van der Waals surface area (Å²) >= 11 is 6.04. The number of carbonyl (C=O) groups excluding carboxylic acids is 3. The second kappa shape index (κ2) is 10.2. The van der Waals surface area contributed by atoms with Gasteiger partial charge in [-0.2, -0.15) is 5.10 Å². The standard InChI is InChI=1S/C33H23ClN4O6/c34-19-14-15-24(25(16-19)38(43)44)37-31(41)27-26-20-10-4-6-12-22(20)33(28(27)32(37)42,23-13-7-5-11-21(23)26)17-35-36-30(40)29(39)18-8-2-1-3-9-18/h1-17,26-29,39H,(H,36,40)/b35-17-/t26?,27-,28+,29+,33?/m0/s1. The van der Waals surface area contributed by atoms with Crippen LogP contribution >= 0.6 is 11.6 Å². The monoisotopic (exact) mass is 606 g/mol. The highest BCUT2D eigenvalue weighted by atomic mass is 35.5. The number of imide groups is 1. The Balaban J connectivity index is 1.38. The summed E-state index contributed by atoms with van der Waals surface area (Å²) < 4.78 is 0. The minimum atomic E-state index is -1.49. The number of nitrogens with one attached hydrogen (secondary N) is 1. The molecule has 1 aliphatic heterocycles. The molecule has 4 aliphatic rings. The predicted molar refractivity (Wildman–Crippen MR) is 161 cm³/mol. The van der Waals surface area contributed by atoms with E-state index in [4.69, 9.17) is 11.6 Å². The number of nitrogens with zero attached hydrogens (tertiary/aromatic N) is 3. The van der Waals surface area contributed by atoms with E-state index in [1.165, 1.54) is 18.3 Å². The summed E-state index contributed by atoms with van der Waals surface area (Å²) in [4.78, 5) is 53.9. The number of amides is 3. The van der Waals surface area contributed by atoms with E-state index < -0.39 is 57.6 Å². The van der Waals surface area contributed by atoms with Gasteiger partial charge in [0.2, 0.25) is 11.8 Å². The highest BCUT2D eigenvalue weighted by Gasteiger charge is 2.68. The van der Waals surface area contributed by atoms with Gasteiger partial charge in [0.1, 0.15) is 5.69 Å². The normalized spacial score (nSPS) is 23.7. The van der Waals surface area contributed by atoms with E-state index in [2.05, 4.69) is 10.5 Å². The molecule has 44 heavy (non-hydrogen) atoms. The van der Waals surface area contributed by atoms with Crippen LogP contribution in [0, 0.1) is 22.0 Å². The van der Waals surface area contributed by atoms with Crippen LogP contribution in [0.3, 0.4) is 0 Å². The number of nitro groups is 1. The third-order valence-electron chi connectivity index (χ3n) is 8.87. The van der Waals surface area contributed by atoms with Crippen molar-refractivity contribution in [2.75, 3.05) is 4.90 Å². The molecule has 4 aromatic rings. The van der Waals surface area contributed by atoms with Crippen LogP contribution in [-0.2, 0) is 19.8 Å². The van der Waals surface area contributed by atoms with Crippen molar-refractivity contribution in [3.8, 4) is 0 Å². The molecule has 11 heteroatoms. The van der Waals surface area contributed by atoms with E-state index in [0.29, 0.717) is 5.56 Å². The van der Waals surface area contributed by atoms with Gasteiger partial charge in [0, 0.05) is 23.2 Å². The number of aliphatic hydroxyl groups excluding tert-OH is 1. The Morgan fingerprint density at radius 3 is 2.20 bits per heavy atom. The molecule has 8 rings (SSSR count). The topological polar surface area (TPSA) is 142 Å². The van der Waals surface area contributed by atoms with Gasteiger partial charge < -0.3 is 5.11 Å². The van der Waals surface area contributed by atoms with Gasteiger partial charge in [0.25, 0.3) is 11.6 Å². The zero-order valence-corrected chi connectivity index (χ0v) is 23.6. The van der Waals surface area contributed by atoms with Crippen LogP contribution in [0.4, 0.5) is 11.4 Å². The minimum absolute atomic E-state index is 0.0916. The van der Waals surface area contributed by atoms with E-state index in [-0.39, 0.29) is 10.7 Å². The fourth-order valence-electron chi connectivity index (χ4n) is 7.16. The van der Waals surface area contributed by atoms with Gasteiger partial charge >= 0.3 is 0 Å². The molecular weight excluding hydrogens is 584 g/mol. The van der Waals surface area contributed by atoms with Gasteiger partial charge in [-0.25, -0.2) is 10.3 Å². The maximum Gasteiger partial charge on any atom is 0.294 e. The first-order chi connectivity index (χ1) is 21.3. The Bertz CT molecular complexity index is 1860. The number of benzene rings is 4. The zero-order valence-electron chi connectivity index (χ0n) is 22.8. The van der Waals surface area contributed by atoms with Crippen molar-refractivity contribution in [1.82, 2.24) is 5.43 Å². The number of nitro benzene ring substituents is 1. The van der Waals surface area contributed by atoms with Crippen molar-refractivity contribution >= 4 is 46.9 Å². The number of hydrazone groups is 1. The molecule has 0 saturated carbocycles. The quantitative estimate of drug-likeness (QED) is 0.142. The molecule has 1 fully saturated rings. The fraction of sp³-hybridized carbons (Fsp3) is 0.152. The van der Waals surface area contributed by atoms with Crippen molar-refractivity contribution in [3.05, 3.63) is 140 Å².